The van der Waals surface area contributed by atoms with E-state index in [1.807, 2.05) is 31.2 Å². The third-order valence-corrected chi connectivity index (χ3v) is 3.41. The number of halogens is 1. The highest BCUT2D eigenvalue weighted by atomic mass is 35.5. The van der Waals surface area contributed by atoms with Crippen molar-refractivity contribution in [3.63, 3.8) is 0 Å². The second-order valence-corrected chi connectivity index (χ2v) is 5.09. The molecule has 1 heterocycles. The van der Waals surface area contributed by atoms with Crippen LogP contribution < -0.4 is 5.32 Å². The van der Waals surface area contributed by atoms with E-state index >= 15 is 0 Å². The number of furan rings is 1. The fourth-order valence-electron chi connectivity index (χ4n) is 1.96. The van der Waals surface area contributed by atoms with E-state index in [0.717, 1.165) is 11.1 Å². The minimum Gasteiger partial charge on any atom is -0.475 e. The van der Waals surface area contributed by atoms with Gasteiger partial charge in [0.1, 0.15) is 5.76 Å². The molecule has 0 saturated heterocycles. The predicted molar refractivity (Wildman–Crippen MR) is 77.1 cm³/mol. The third kappa shape index (κ3) is 3.40. The molecule has 4 nitrogen and oxygen atoms in total. The lowest BCUT2D eigenvalue weighted by Gasteiger charge is -2.14. The first-order valence-corrected chi connectivity index (χ1v) is 6.66. The van der Waals surface area contributed by atoms with Gasteiger partial charge in [0.05, 0.1) is 0 Å². The van der Waals surface area contributed by atoms with E-state index in [0.29, 0.717) is 17.3 Å². The number of carbonyl (C=O) groups is 1. The van der Waals surface area contributed by atoms with E-state index in [-0.39, 0.29) is 11.8 Å². The largest absolute Gasteiger partial charge is 0.475 e. The number of hydrogen-bond acceptors (Lipinski definition) is 3. The van der Waals surface area contributed by atoms with Crippen molar-refractivity contribution in [3.05, 3.63) is 58.0 Å². The van der Waals surface area contributed by atoms with Crippen LogP contribution in [0.4, 0.5) is 0 Å². The fraction of sp³-hybridized carbons (Fsp3) is 0.267. The maximum atomic E-state index is 10.8. The number of aryl methyl sites for hydroxylation is 1. The quantitative estimate of drug-likeness (QED) is 0.880. The highest BCUT2D eigenvalue weighted by Gasteiger charge is 2.14. The monoisotopic (exact) mass is 293 g/mol. The normalized spacial score (nSPS) is 12.3. The number of aromatic carboxylic acids is 1. The first kappa shape index (κ1) is 14.6. The molecule has 1 aromatic heterocycles. The molecule has 0 spiro atoms. The van der Waals surface area contributed by atoms with Crippen LogP contribution in [-0.2, 0) is 6.54 Å². The summed E-state index contributed by atoms with van der Waals surface area (Å²) in [5, 5.41) is 12.9. The van der Waals surface area contributed by atoms with Crippen LogP contribution in [0.15, 0.2) is 34.7 Å². The molecule has 0 aliphatic rings. The summed E-state index contributed by atoms with van der Waals surface area (Å²) in [5.41, 5.74) is 1.92. The number of nitrogens with one attached hydrogen (secondary N) is 1. The molecule has 0 aliphatic carbocycles. The molecular weight excluding hydrogens is 278 g/mol. The first-order chi connectivity index (χ1) is 9.47. The number of rotatable bonds is 5. The third-order valence-electron chi connectivity index (χ3n) is 3.18. The van der Waals surface area contributed by atoms with Crippen LogP contribution in [0.2, 0.25) is 5.02 Å². The van der Waals surface area contributed by atoms with Gasteiger partial charge < -0.3 is 14.8 Å². The second kappa shape index (κ2) is 6.11. The lowest BCUT2D eigenvalue weighted by atomic mass is 10.1. The first-order valence-electron chi connectivity index (χ1n) is 6.29. The van der Waals surface area contributed by atoms with Crippen LogP contribution in [0.3, 0.4) is 0 Å². The number of hydrogen-bond donors (Lipinski definition) is 2. The van der Waals surface area contributed by atoms with Gasteiger partial charge in [0.15, 0.2) is 0 Å². The van der Waals surface area contributed by atoms with Gasteiger partial charge in [-0.25, -0.2) is 4.79 Å². The Hall–Kier alpha value is -1.78. The smallest absolute Gasteiger partial charge is 0.371 e. The van der Waals surface area contributed by atoms with Gasteiger partial charge in [0.2, 0.25) is 5.76 Å². The summed E-state index contributed by atoms with van der Waals surface area (Å²) >= 11 is 5.96. The van der Waals surface area contributed by atoms with Gasteiger partial charge in [0, 0.05) is 23.2 Å². The fourth-order valence-corrected chi connectivity index (χ4v) is 2.16. The van der Waals surface area contributed by atoms with E-state index in [9.17, 15) is 4.79 Å². The van der Waals surface area contributed by atoms with E-state index in [1.165, 1.54) is 0 Å². The number of carboxylic acid groups (broad SMARTS) is 1. The summed E-state index contributed by atoms with van der Waals surface area (Å²) in [5.74, 6) is -0.467. The molecule has 0 fully saturated rings. The summed E-state index contributed by atoms with van der Waals surface area (Å²) in [4.78, 5) is 10.8. The van der Waals surface area contributed by atoms with Gasteiger partial charge in [-0.3, -0.25) is 0 Å². The Labute approximate surface area is 122 Å². The summed E-state index contributed by atoms with van der Waals surface area (Å²) in [7, 11) is 0. The van der Waals surface area contributed by atoms with Gasteiger partial charge in [-0.15, -0.1) is 0 Å². The Morgan fingerprint density at radius 3 is 2.80 bits per heavy atom. The lowest BCUT2D eigenvalue weighted by Crippen LogP contribution is -2.18. The molecule has 0 amide bonds. The average molecular weight is 294 g/mol. The zero-order valence-electron chi connectivity index (χ0n) is 11.3. The SMILES string of the molecule is Cc1oc(C(=O)O)cc1CNC(C)c1cccc(Cl)c1. The minimum absolute atomic E-state index is 0.0327. The van der Waals surface area contributed by atoms with Gasteiger partial charge >= 0.3 is 5.97 Å². The zero-order valence-corrected chi connectivity index (χ0v) is 12.1. The molecule has 2 N–H and O–H groups in total. The molecule has 0 aliphatic heterocycles. The maximum Gasteiger partial charge on any atom is 0.371 e. The van der Waals surface area contributed by atoms with Crippen molar-refractivity contribution in [1.82, 2.24) is 5.32 Å². The van der Waals surface area contributed by atoms with Crippen molar-refractivity contribution >= 4 is 17.6 Å². The Morgan fingerprint density at radius 1 is 1.45 bits per heavy atom. The van der Waals surface area contributed by atoms with Crippen LogP contribution in [0.25, 0.3) is 0 Å². The molecule has 1 atom stereocenters. The molecule has 106 valence electrons. The summed E-state index contributed by atoms with van der Waals surface area (Å²) in [6.45, 7) is 4.32. The number of carboxylic acids is 1. The lowest BCUT2D eigenvalue weighted by molar-refractivity contribution is 0.0661. The Kier molecular flexibility index (Phi) is 4.47. The van der Waals surface area contributed by atoms with Crippen LogP contribution >= 0.6 is 11.6 Å². The summed E-state index contributed by atoms with van der Waals surface area (Å²) < 4.78 is 5.17. The number of benzene rings is 1. The molecule has 1 unspecified atom stereocenters. The van der Waals surface area contributed by atoms with Crippen LogP contribution in [-0.4, -0.2) is 11.1 Å². The highest BCUT2D eigenvalue weighted by Crippen LogP contribution is 2.19. The van der Waals surface area contributed by atoms with Crippen molar-refractivity contribution in [1.29, 1.82) is 0 Å². The van der Waals surface area contributed by atoms with Gasteiger partial charge in [-0.1, -0.05) is 23.7 Å². The average Bonchev–Trinajstić information content (AvgIpc) is 2.77. The minimum atomic E-state index is -1.05. The van der Waals surface area contributed by atoms with E-state index in [4.69, 9.17) is 21.1 Å². The summed E-state index contributed by atoms with van der Waals surface area (Å²) in [6.07, 6.45) is 0. The molecule has 2 rings (SSSR count). The standard InChI is InChI=1S/C15H16ClNO3/c1-9(11-4-3-5-13(16)6-11)17-8-12-7-14(15(18)19)20-10(12)2/h3-7,9,17H,8H2,1-2H3,(H,18,19). The molecule has 0 bridgehead atoms. The molecule has 1 aromatic carbocycles. The predicted octanol–water partition coefficient (Wildman–Crippen LogP) is 3.79. The zero-order chi connectivity index (χ0) is 14.7. The van der Waals surface area contributed by atoms with Gasteiger partial charge in [-0.05, 0) is 37.6 Å². The van der Waals surface area contributed by atoms with E-state index in [1.54, 1.807) is 13.0 Å². The second-order valence-electron chi connectivity index (χ2n) is 4.65. The van der Waals surface area contributed by atoms with Crippen molar-refractivity contribution < 1.29 is 14.3 Å². The van der Waals surface area contributed by atoms with E-state index < -0.39 is 5.97 Å². The molecule has 5 heteroatoms. The maximum absolute atomic E-state index is 10.8. The van der Waals surface area contributed by atoms with Crippen molar-refractivity contribution in [2.45, 2.75) is 26.4 Å². The van der Waals surface area contributed by atoms with Crippen molar-refractivity contribution in [3.8, 4) is 0 Å². The molecule has 2 aromatic rings. The Balaban J connectivity index is 2.03. The van der Waals surface area contributed by atoms with Gasteiger partial charge in [0.25, 0.3) is 0 Å². The van der Waals surface area contributed by atoms with Crippen LogP contribution in [0, 0.1) is 6.92 Å². The van der Waals surface area contributed by atoms with Gasteiger partial charge in [-0.2, -0.15) is 0 Å². The van der Waals surface area contributed by atoms with Crippen molar-refractivity contribution in [2.75, 3.05) is 0 Å². The summed E-state index contributed by atoms with van der Waals surface area (Å²) in [6, 6.07) is 9.29. The molecule has 0 radical (unpaired) electrons. The van der Waals surface area contributed by atoms with Crippen LogP contribution in [0.5, 0.6) is 0 Å². The topological polar surface area (TPSA) is 62.5 Å². The Morgan fingerprint density at radius 2 is 2.20 bits per heavy atom. The van der Waals surface area contributed by atoms with E-state index in [2.05, 4.69) is 5.32 Å². The Bertz CT molecular complexity index is 621. The van der Waals surface area contributed by atoms with Crippen LogP contribution in [0.1, 0.15) is 40.4 Å². The highest BCUT2D eigenvalue weighted by molar-refractivity contribution is 6.30. The molecular formula is C15H16ClNO3. The molecule has 0 saturated carbocycles. The van der Waals surface area contributed by atoms with Crippen molar-refractivity contribution in [2.24, 2.45) is 0 Å². The molecule has 20 heavy (non-hydrogen) atoms.